The second-order valence-electron chi connectivity index (χ2n) is 6.09. The fourth-order valence-electron chi connectivity index (χ4n) is 2.97. The molecule has 0 fully saturated rings. The highest BCUT2D eigenvalue weighted by molar-refractivity contribution is 5.97. The highest BCUT2D eigenvalue weighted by atomic mass is 16.1. The van der Waals surface area contributed by atoms with Crippen LogP contribution in [0.25, 0.3) is 11.0 Å². The van der Waals surface area contributed by atoms with Gasteiger partial charge in [0, 0.05) is 25.1 Å². The normalized spacial score (nSPS) is 17.7. The van der Waals surface area contributed by atoms with Crippen LogP contribution in [0.1, 0.15) is 49.3 Å². The van der Waals surface area contributed by atoms with Crippen molar-refractivity contribution in [3.05, 3.63) is 29.6 Å². The molecule has 0 spiro atoms. The third-order valence-electron chi connectivity index (χ3n) is 4.28. The average molecular weight is 285 g/mol. The Hall–Kier alpha value is -1.84. The number of benzene rings is 1. The predicted molar refractivity (Wildman–Crippen MR) is 84.5 cm³/mol. The Morgan fingerprint density at radius 2 is 2.33 bits per heavy atom. The third-order valence-corrected chi connectivity index (χ3v) is 4.28. The maximum atomic E-state index is 12.1. The lowest BCUT2D eigenvalue weighted by atomic mass is 10.0. The number of fused-ring (bicyclic) bond motifs is 3. The van der Waals surface area contributed by atoms with Crippen LogP contribution < -0.4 is 5.32 Å². The number of carbonyl (C=O) groups is 1. The highest BCUT2D eigenvalue weighted by Crippen LogP contribution is 2.25. The first-order valence-corrected chi connectivity index (χ1v) is 7.96. The molecule has 1 aromatic carbocycles. The summed E-state index contributed by atoms with van der Waals surface area (Å²) >= 11 is 0. The molecular weight excluding hydrogens is 262 g/mol. The van der Waals surface area contributed by atoms with Crippen LogP contribution in [-0.4, -0.2) is 22.0 Å². The van der Waals surface area contributed by atoms with E-state index in [-0.39, 0.29) is 5.91 Å². The summed E-state index contributed by atoms with van der Waals surface area (Å²) < 4.78 is 2.30. The number of imidazole rings is 1. The minimum absolute atomic E-state index is 0.00434. The quantitative estimate of drug-likeness (QED) is 0.877. The Labute approximate surface area is 125 Å². The Morgan fingerprint density at radius 3 is 3.14 bits per heavy atom. The zero-order chi connectivity index (χ0) is 14.8. The van der Waals surface area contributed by atoms with Gasteiger partial charge >= 0.3 is 0 Å². The van der Waals surface area contributed by atoms with E-state index in [9.17, 15) is 4.79 Å². The molecule has 4 nitrogen and oxygen atoms in total. The van der Waals surface area contributed by atoms with E-state index in [0.717, 1.165) is 49.2 Å². The standard InChI is InChI=1S/C17H23N3O/c1-3-4-8-18-17(21)13-5-6-15-14(11-13)19-16-10-12(2)7-9-20(15)16/h5-6,11-12H,3-4,7-10H2,1-2H3,(H,18,21)/t12-/m1/s1. The molecule has 1 aliphatic heterocycles. The van der Waals surface area contributed by atoms with Crippen LogP contribution in [0.15, 0.2) is 18.2 Å². The van der Waals surface area contributed by atoms with Crippen LogP contribution in [0.2, 0.25) is 0 Å². The number of hydrogen-bond donors (Lipinski definition) is 1. The van der Waals surface area contributed by atoms with Gasteiger partial charge in [-0.1, -0.05) is 20.3 Å². The lowest BCUT2D eigenvalue weighted by Gasteiger charge is -2.19. The van der Waals surface area contributed by atoms with Gasteiger partial charge < -0.3 is 9.88 Å². The number of rotatable bonds is 4. The molecule has 1 aliphatic rings. The van der Waals surface area contributed by atoms with E-state index in [2.05, 4.69) is 23.7 Å². The molecule has 0 bridgehead atoms. The first-order valence-electron chi connectivity index (χ1n) is 7.96. The summed E-state index contributed by atoms with van der Waals surface area (Å²) in [6.45, 7) is 6.17. The van der Waals surface area contributed by atoms with Crippen molar-refractivity contribution in [2.45, 2.75) is 46.1 Å². The summed E-state index contributed by atoms with van der Waals surface area (Å²) in [5.41, 5.74) is 2.81. The largest absolute Gasteiger partial charge is 0.352 e. The highest BCUT2D eigenvalue weighted by Gasteiger charge is 2.19. The van der Waals surface area contributed by atoms with E-state index < -0.39 is 0 Å². The van der Waals surface area contributed by atoms with Crippen LogP contribution in [0.5, 0.6) is 0 Å². The maximum absolute atomic E-state index is 12.1. The minimum atomic E-state index is 0.00434. The van der Waals surface area contributed by atoms with E-state index in [1.807, 2.05) is 18.2 Å². The molecule has 3 rings (SSSR count). The van der Waals surface area contributed by atoms with E-state index in [4.69, 9.17) is 4.98 Å². The van der Waals surface area contributed by atoms with Gasteiger partial charge in [0.2, 0.25) is 0 Å². The fraction of sp³-hybridized carbons (Fsp3) is 0.529. The predicted octanol–water partition coefficient (Wildman–Crippen LogP) is 3.15. The summed E-state index contributed by atoms with van der Waals surface area (Å²) in [4.78, 5) is 16.8. The molecule has 0 aliphatic carbocycles. The van der Waals surface area contributed by atoms with Crippen LogP contribution in [0.3, 0.4) is 0 Å². The third kappa shape index (κ3) is 2.80. The second kappa shape index (κ2) is 5.88. The number of nitrogens with one attached hydrogen (secondary N) is 1. The van der Waals surface area contributed by atoms with Gasteiger partial charge in [-0.05, 0) is 37.0 Å². The van der Waals surface area contributed by atoms with E-state index >= 15 is 0 Å². The molecule has 1 aromatic heterocycles. The molecule has 1 N–H and O–H groups in total. The van der Waals surface area contributed by atoms with Crippen molar-refractivity contribution in [2.24, 2.45) is 5.92 Å². The van der Waals surface area contributed by atoms with Crippen LogP contribution in [0.4, 0.5) is 0 Å². The van der Waals surface area contributed by atoms with Crippen molar-refractivity contribution < 1.29 is 4.79 Å². The van der Waals surface area contributed by atoms with E-state index in [0.29, 0.717) is 11.5 Å². The van der Waals surface area contributed by atoms with Gasteiger partial charge in [0.15, 0.2) is 0 Å². The smallest absolute Gasteiger partial charge is 0.251 e. The first-order chi connectivity index (χ1) is 10.2. The Balaban J connectivity index is 1.85. The molecule has 21 heavy (non-hydrogen) atoms. The Kier molecular flexibility index (Phi) is 3.95. The monoisotopic (exact) mass is 285 g/mol. The summed E-state index contributed by atoms with van der Waals surface area (Å²) in [5, 5.41) is 2.96. The molecule has 1 atom stereocenters. The number of aryl methyl sites for hydroxylation is 1. The van der Waals surface area contributed by atoms with Crippen molar-refractivity contribution in [3.63, 3.8) is 0 Å². The van der Waals surface area contributed by atoms with Crippen molar-refractivity contribution >= 4 is 16.9 Å². The molecular formula is C17H23N3O. The molecule has 0 saturated carbocycles. The number of hydrogen-bond acceptors (Lipinski definition) is 2. The maximum Gasteiger partial charge on any atom is 0.251 e. The van der Waals surface area contributed by atoms with Crippen molar-refractivity contribution in [2.75, 3.05) is 6.54 Å². The number of aromatic nitrogens is 2. The van der Waals surface area contributed by atoms with Gasteiger partial charge in [-0.3, -0.25) is 4.79 Å². The molecule has 112 valence electrons. The molecule has 0 unspecified atom stereocenters. The molecule has 1 amide bonds. The molecule has 2 heterocycles. The number of nitrogens with zero attached hydrogens (tertiary/aromatic N) is 2. The average Bonchev–Trinajstić information content (AvgIpc) is 2.83. The van der Waals surface area contributed by atoms with Gasteiger partial charge in [-0.25, -0.2) is 4.98 Å². The molecule has 0 radical (unpaired) electrons. The van der Waals surface area contributed by atoms with Crippen molar-refractivity contribution in [3.8, 4) is 0 Å². The number of amides is 1. The zero-order valence-corrected chi connectivity index (χ0v) is 12.9. The lowest BCUT2D eigenvalue weighted by Crippen LogP contribution is -2.24. The lowest BCUT2D eigenvalue weighted by molar-refractivity contribution is 0.0953. The fourth-order valence-corrected chi connectivity index (χ4v) is 2.97. The van der Waals surface area contributed by atoms with Gasteiger partial charge in [0.05, 0.1) is 11.0 Å². The molecule has 2 aromatic rings. The van der Waals surface area contributed by atoms with Crippen molar-refractivity contribution in [1.82, 2.24) is 14.9 Å². The van der Waals surface area contributed by atoms with Crippen LogP contribution >= 0.6 is 0 Å². The van der Waals surface area contributed by atoms with E-state index in [1.165, 1.54) is 6.42 Å². The number of carbonyl (C=O) groups excluding carboxylic acids is 1. The minimum Gasteiger partial charge on any atom is -0.352 e. The van der Waals surface area contributed by atoms with Gasteiger partial charge in [-0.15, -0.1) is 0 Å². The summed E-state index contributed by atoms with van der Waals surface area (Å²) in [5.74, 6) is 1.86. The Morgan fingerprint density at radius 1 is 1.48 bits per heavy atom. The molecule has 0 saturated heterocycles. The molecule has 4 heteroatoms. The second-order valence-corrected chi connectivity index (χ2v) is 6.09. The van der Waals surface area contributed by atoms with Gasteiger partial charge in [0.1, 0.15) is 5.82 Å². The zero-order valence-electron chi connectivity index (χ0n) is 12.9. The van der Waals surface area contributed by atoms with Crippen LogP contribution in [0, 0.1) is 5.92 Å². The Bertz CT molecular complexity index is 659. The summed E-state index contributed by atoms with van der Waals surface area (Å²) in [7, 11) is 0. The van der Waals surface area contributed by atoms with Crippen molar-refractivity contribution in [1.29, 1.82) is 0 Å². The summed E-state index contributed by atoms with van der Waals surface area (Å²) in [6, 6.07) is 5.87. The summed E-state index contributed by atoms with van der Waals surface area (Å²) in [6.07, 6.45) is 4.35. The van der Waals surface area contributed by atoms with E-state index in [1.54, 1.807) is 0 Å². The number of unbranched alkanes of at least 4 members (excludes halogenated alkanes) is 1. The topological polar surface area (TPSA) is 46.9 Å². The first kappa shape index (κ1) is 14.1. The van der Waals surface area contributed by atoms with Crippen LogP contribution in [-0.2, 0) is 13.0 Å². The SMILES string of the molecule is CCCCNC(=O)c1ccc2c(c1)nc1n2CC[C@@H](C)C1. The van der Waals surface area contributed by atoms with Gasteiger partial charge in [0.25, 0.3) is 5.91 Å². The van der Waals surface area contributed by atoms with Gasteiger partial charge in [-0.2, -0.15) is 0 Å².